The maximum Gasteiger partial charge on any atom is 0.267 e. The van der Waals surface area contributed by atoms with Crippen molar-refractivity contribution in [1.29, 1.82) is 0 Å². The van der Waals surface area contributed by atoms with Gasteiger partial charge in [-0.05, 0) is 32.1 Å². The van der Waals surface area contributed by atoms with Crippen LogP contribution in [0.2, 0.25) is 0 Å². The normalized spacial score (nSPS) is 18.5. The summed E-state index contributed by atoms with van der Waals surface area (Å²) in [6.07, 6.45) is 4.40. The standard InChI is InChI=1S/C13H18N4O2S2/c1-8-4-5-10-11(6-8)20-13(15-10)16-21(18,19)12-7-14-17(3)9(12)2/h7-8H,4-6H2,1-3H3,(H,15,16). The lowest BCUT2D eigenvalue weighted by atomic mass is 9.93. The number of anilines is 1. The van der Waals surface area contributed by atoms with Crippen LogP contribution in [0.5, 0.6) is 0 Å². The van der Waals surface area contributed by atoms with Crippen molar-refractivity contribution in [3.63, 3.8) is 0 Å². The smallest absolute Gasteiger partial charge is 0.267 e. The van der Waals surface area contributed by atoms with E-state index in [1.54, 1.807) is 18.7 Å². The van der Waals surface area contributed by atoms with Crippen LogP contribution in [0.1, 0.15) is 29.6 Å². The summed E-state index contributed by atoms with van der Waals surface area (Å²) in [5, 5.41) is 4.44. The molecule has 0 bridgehead atoms. The first-order chi connectivity index (χ1) is 9.87. The molecule has 1 atom stereocenters. The van der Waals surface area contributed by atoms with Gasteiger partial charge < -0.3 is 0 Å². The first kappa shape index (κ1) is 14.5. The highest BCUT2D eigenvalue weighted by Gasteiger charge is 2.24. The Hall–Kier alpha value is -1.41. The molecule has 0 aliphatic heterocycles. The Labute approximate surface area is 128 Å². The van der Waals surface area contributed by atoms with Crippen molar-refractivity contribution in [3.05, 3.63) is 22.5 Å². The number of nitrogens with zero attached hydrogens (tertiary/aromatic N) is 3. The second-order valence-corrected chi connectivity index (χ2v) is 8.29. The highest BCUT2D eigenvalue weighted by Crippen LogP contribution is 2.33. The fourth-order valence-corrected chi connectivity index (χ4v) is 5.11. The third kappa shape index (κ3) is 2.69. The molecule has 0 aromatic carbocycles. The first-order valence-corrected chi connectivity index (χ1v) is 9.17. The molecule has 2 aromatic heterocycles. The summed E-state index contributed by atoms with van der Waals surface area (Å²) in [5.74, 6) is 0.642. The highest BCUT2D eigenvalue weighted by atomic mass is 32.2. The zero-order chi connectivity index (χ0) is 15.2. The van der Waals surface area contributed by atoms with Crippen LogP contribution in [0.25, 0.3) is 0 Å². The summed E-state index contributed by atoms with van der Waals surface area (Å²) in [5.41, 5.74) is 1.65. The topological polar surface area (TPSA) is 76.9 Å². The Bertz CT molecular complexity index is 776. The van der Waals surface area contributed by atoms with Crippen LogP contribution < -0.4 is 4.72 Å². The Balaban J connectivity index is 1.88. The zero-order valence-electron chi connectivity index (χ0n) is 12.3. The second kappa shape index (κ2) is 5.10. The molecule has 0 spiro atoms. The van der Waals surface area contributed by atoms with Crippen molar-refractivity contribution in [2.45, 2.75) is 38.0 Å². The summed E-state index contributed by atoms with van der Waals surface area (Å²) >= 11 is 1.44. The molecule has 3 rings (SSSR count). The lowest BCUT2D eigenvalue weighted by Gasteiger charge is -2.15. The number of hydrogen-bond acceptors (Lipinski definition) is 5. The quantitative estimate of drug-likeness (QED) is 0.937. The number of hydrogen-bond donors (Lipinski definition) is 1. The van der Waals surface area contributed by atoms with Crippen molar-refractivity contribution < 1.29 is 8.42 Å². The molecule has 0 fully saturated rings. The largest absolute Gasteiger partial charge is 0.272 e. The summed E-state index contributed by atoms with van der Waals surface area (Å²) in [6.45, 7) is 3.95. The van der Waals surface area contributed by atoms with Gasteiger partial charge in [-0.1, -0.05) is 6.92 Å². The van der Waals surface area contributed by atoms with Gasteiger partial charge >= 0.3 is 0 Å². The van der Waals surface area contributed by atoms with E-state index in [0.717, 1.165) is 25.0 Å². The molecule has 0 radical (unpaired) electrons. The minimum atomic E-state index is -3.62. The fraction of sp³-hybridized carbons (Fsp3) is 0.538. The maximum absolute atomic E-state index is 12.4. The van der Waals surface area contributed by atoms with Crippen LogP contribution in [-0.2, 0) is 29.9 Å². The fourth-order valence-electron chi connectivity index (χ4n) is 2.50. The van der Waals surface area contributed by atoms with Crippen LogP contribution in [0.4, 0.5) is 5.13 Å². The molecule has 8 heteroatoms. The van der Waals surface area contributed by atoms with E-state index in [9.17, 15) is 8.42 Å². The van der Waals surface area contributed by atoms with E-state index in [0.29, 0.717) is 16.7 Å². The van der Waals surface area contributed by atoms with Gasteiger partial charge in [0.15, 0.2) is 5.13 Å². The van der Waals surface area contributed by atoms with E-state index in [1.165, 1.54) is 22.4 Å². The van der Waals surface area contributed by atoms with Gasteiger partial charge in [-0.15, -0.1) is 11.3 Å². The molecule has 1 aliphatic rings. The first-order valence-electron chi connectivity index (χ1n) is 6.87. The number of aromatic nitrogens is 3. The van der Waals surface area contributed by atoms with E-state index < -0.39 is 10.0 Å². The third-order valence-corrected chi connectivity index (χ3v) is 6.49. The van der Waals surface area contributed by atoms with Gasteiger partial charge in [0.1, 0.15) is 4.90 Å². The number of aryl methyl sites for hydroxylation is 2. The molecule has 21 heavy (non-hydrogen) atoms. The van der Waals surface area contributed by atoms with Crippen LogP contribution in [-0.4, -0.2) is 23.2 Å². The summed E-state index contributed by atoms with van der Waals surface area (Å²) in [7, 11) is -1.90. The Morgan fingerprint density at radius 2 is 2.24 bits per heavy atom. The number of rotatable bonds is 3. The van der Waals surface area contributed by atoms with E-state index in [4.69, 9.17) is 0 Å². The van der Waals surface area contributed by atoms with Crippen molar-refractivity contribution in [3.8, 4) is 0 Å². The average Bonchev–Trinajstić information content (AvgIpc) is 2.93. The van der Waals surface area contributed by atoms with Crippen molar-refractivity contribution >= 4 is 26.5 Å². The van der Waals surface area contributed by atoms with Crippen LogP contribution in [0, 0.1) is 12.8 Å². The summed E-state index contributed by atoms with van der Waals surface area (Å²) in [6, 6.07) is 0. The van der Waals surface area contributed by atoms with Crippen LogP contribution >= 0.6 is 11.3 Å². The SMILES string of the molecule is Cc1c(S(=O)(=O)Nc2nc3c(s2)CC(C)CC3)cnn1C. The predicted octanol–water partition coefficient (Wildman–Crippen LogP) is 2.11. The van der Waals surface area contributed by atoms with Gasteiger partial charge in [-0.2, -0.15) is 5.10 Å². The van der Waals surface area contributed by atoms with Crippen molar-refractivity contribution in [2.24, 2.45) is 13.0 Å². The molecule has 1 unspecified atom stereocenters. The van der Waals surface area contributed by atoms with E-state index >= 15 is 0 Å². The minimum absolute atomic E-state index is 0.200. The minimum Gasteiger partial charge on any atom is -0.272 e. The lowest BCUT2D eigenvalue weighted by Crippen LogP contribution is -2.14. The predicted molar refractivity (Wildman–Crippen MR) is 82.1 cm³/mol. The summed E-state index contributed by atoms with van der Waals surface area (Å²) < 4.78 is 29.0. The van der Waals surface area contributed by atoms with Crippen molar-refractivity contribution in [2.75, 3.05) is 4.72 Å². The van der Waals surface area contributed by atoms with Gasteiger partial charge in [0.2, 0.25) is 0 Å². The highest BCUT2D eigenvalue weighted by molar-refractivity contribution is 7.93. The molecule has 0 amide bonds. The Morgan fingerprint density at radius 3 is 2.90 bits per heavy atom. The van der Waals surface area contributed by atoms with Crippen LogP contribution in [0.15, 0.2) is 11.1 Å². The van der Waals surface area contributed by atoms with Gasteiger partial charge in [0, 0.05) is 11.9 Å². The molecule has 0 saturated carbocycles. The summed E-state index contributed by atoms with van der Waals surface area (Å²) in [4.78, 5) is 5.84. The monoisotopic (exact) mass is 326 g/mol. The van der Waals surface area contributed by atoms with E-state index in [2.05, 4.69) is 21.7 Å². The number of fused-ring (bicyclic) bond motifs is 1. The van der Waals surface area contributed by atoms with Crippen molar-refractivity contribution in [1.82, 2.24) is 14.8 Å². The Kier molecular flexibility index (Phi) is 3.53. The van der Waals surface area contributed by atoms with E-state index in [1.807, 2.05) is 0 Å². The molecule has 114 valence electrons. The lowest BCUT2D eigenvalue weighted by molar-refractivity contribution is 0.502. The average molecular weight is 326 g/mol. The Morgan fingerprint density at radius 1 is 1.48 bits per heavy atom. The zero-order valence-corrected chi connectivity index (χ0v) is 13.9. The molecule has 2 aromatic rings. The number of nitrogens with one attached hydrogen (secondary N) is 1. The van der Waals surface area contributed by atoms with Gasteiger partial charge in [-0.25, -0.2) is 13.4 Å². The van der Waals surface area contributed by atoms with E-state index in [-0.39, 0.29) is 4.90 Å². The molecular weight excluding hydrogens is 308 g/mol. The molecule has 6 nitrogen and oxygen atoms in total. The molecule has 1 aliphatic carbocycles. The maximum atomic E-state index is 12.4. The molecule has 2 heterocycles. The number of sulfonamides is 1. The van der Waals surface area contributed by atoms with Gasteiger partial charge in [-0.3, -0.25) is 9.40 Å². The number of thiazole rings is 1. The third-order valence-electron chi connectivity index (χ3n) is 3.89. The van der Waals surface area contributed by atoms with Gasteiger partial charge in [0.25, 0.3) is 10.0 Å². The van der Waals surface area contributed by atoms with Crippen LogP contribution in [0.3, 0.4) is 0 Å². The molecular formula is C13H18N4O2S2. The molecule has 0 saturated heterocycles. The van der Waals surface area contributed by atoms with Gasteiger partial charge in [0.05, 0.1) is 17.6 Å². The second-order valence-electron chi connectivity index (χ2n) is 5.56. The molecule has 1 N–H and O–H groups in total.